The summed E-state index contributed by atoms with van der Waals surface area (Å²) in [6, 6.07) is 7.29. The summed E-state index contributed by atoms with van der Waals surface area (Å²) in [5, 5.41) is 13.0. The summed E-state index contributed by atoms with van der Waals surface area (Å²) >= 11 is 5.94. The molecule has 0 saturated heterocycles. The number of aliphatic carboxylic acids is 1. The second-order valence-electron chi connectivity index (χ2n) is 5.13. The first-order chi connectivity index (χ1) is 9.29. The van der Waals surface area contributed by atoms with Crippen molar-refractivity contribution in [2.75, 3.05) is 0 Å². The fourth-order valence-corrected chi connectivity index (χ4v) is 2.06. The minimum Gasteiger partial charge on any atom is -0.480 e. The lowest BCUT2D eigenvalue weighted by atomic mass is 10.1. The number of nitrogens with zero attached hydrogens (tertiary/aromatic N) is 1. The van der Waals surface area contributed by atoms with Crippen LogP contribution in [-0.2, 0) is 16.1 Å². The van der Waals surface area contributed by atoms with Crippen LogP contribution < -0.4 is 5.32 Å². The van der Waals surface area contributed by atoms with Crippen molar-refractivity contribution >= 4 is 34.4 Å². The number of carboxylic acids is 1. The standard InChI is InChI=1S/C14H15ClN2O3/c1-14(2,13(19)20)16-12(18)8-17-6-5-9-3-4-10(15)7-11(9)17/h3-7H,8H2,1-2H3,(H,16,18)(H,19,20). The monoisotopic (exact) mass is 294 g/mol. The van der Waals surface area contributed by atoms with Crippen LogP contribution in [0.2, 0.25) is 5.02 Å². The topological polar surface area (TPSA) is 71.3 Å². The highest BCUT2D eigenvalue weighted by molar-refractivity contribution is 6.31. The predicted octanol–water partition coefficient (Wildman–Crippen LogP) is 2.27. The van der Waals surface area contributed by atoms with E-state index in [2.05, 4.69) is 5.32 Å². The molecule has 0 radical (unpaired) electrons. The molecule has 106 valence electrons. The summed E-state index contributed by atoms with van der Waals surface area (Å²) in [6.07, 6.45) is 1.77. The van der Waals surface area contributed by atoms with Crippen LogP contribution in [0.15, 0.2) is 30.5 Å². The van der Waals surface area contributed by atoms with E-state index in [0.29, 0.717) is 5.02 Å². The first kappa shape index (κ1) is 14.4. The van der Waals surface area contributed by atoms with Gasteiger partial charge < -0.3 is 15.0 Å². The molecule has 0 atom stereocenters. The van der Waals surface area contributed by atoms with Gasteiger partial charge in [0.25, 0.3) is 0 Å². The van der Waals surface area contributed by atoms with Crippen LogP contribution in [0.3, 0.4) is 0 Å². The van der Waals surface area contributed by atoms with Crippen LogP contribution in [0.1, 0.15) is 13.8 Å². The van der Waals surface area contributed by atoms with Gasteiger partial charge in [0.15, 0.2) is 0 Å². The number of rotatable bonds is 4. The van der Waals surface area contributed by atoms with Crippen molar-refractivity contribution in [2.45, 2.75) is 25.9 Å². The number of amides is 1. The molecule has 0 aliphatic rings. The van der Waals surface area contributed by atoms with Gasteiger partial charge in [-0.1, -0.05) is 17.7 Å². The Kier molecular flexibility index (Phi) is 3.72. The number of carboxylic acid groups (broad SMARTS) is 1. The van der Waals surface area contributed by atoms with Crippen molar-refractivity contribution in [1.82, 2.24) is 9.88 Å². The Hall–Kier alpha value is -2.01. The van der Waals surface area contributed by atoms with Gasteiger partial charge in [-0.05, 0) is 37.4 Å². The van der Waals surface area contributed by atoms with Gasteiger partial charge in [-0.3, -0.25) is 4.79 Å². The molecule has 1 aromatic heterocycles. The first-order valence-electron chi connectivity index (χ1n) is 6.08. The van der Waals surface area contributed by atoms with Crippen LogP contribution >= 0.6 is 11.6 Å². The van der Waals surface area contributed by atoms with E-state index in [-0.39, 0.29) is 12.5 Å². The summed E-state index contributed by atoms with van der Waals surface area (Å²) in [5.74, 6) is -1.44. The first-order valence-corrected chi connectivity index (χ1v) is 6.46. The molecule has 2 rings (SSSR count). The Bertz CT molecular complexity index is 676. The fraction of sp³-hybridized carbons (Fsp3) is 0.286. The molecule has 20 heavy (non-hydrogen) atoms. The summed E-state index contributed by atoms with van der Waals surface area (Å²) in [5.41, 5.74) is -0.460. The SMILES string of the molecule is CC(C)(NC(=O)Cn1ccc2ccc(Cl)cc21)C(=O)O. The number of hydrogen-bond donors (Lipinski definition) is 2. The van der Waals surface area contributed by atoms with Crippen molar-refractivity contribution < 1.29 is 14.7 Å². The van der Waals surface area contributed by atoms with Crippen molar-refractivity contribution in [3.8, 4) is 0 Å². The third-order valence-electron chi connectivity index (χ3n) is 3.04. The fourth-order valence-electron chi connectivity index (χ4n) is 1.89. The number of halogens is 1. The highest BCUT2D eigenvalue weighted by atomic mass is 35.5. The smallest absolute Gasteiger partial charge is 0.328 e. The third-order valence-corrected chi connectivity index (χ3v) is 3.27. The Balaban J connectivity index is 2.18. The Morgan fingerprint density at radius 1 is 1.35 bits per heavy atom. The molecule has 0 bridgehead atoms. The molecule has 2 aromatic rings. The molecule has 0 aliphatic carbocycles. The molecular weight excluding hydrogens is 280 g/mol. The predicted molar refractivity (Wildman–Crippen MR) is 76.8 cm³/mol. The van der Waals surface area contributed by atoms with Gasteiger partial charge in [-0.15, -0.1) is 0 Å². The highest BCUT2D eigenvalue weighted by Gasteiger charge is 2.28. The molecule has 1 heterocycles. The van der Waals surface area contributed by atoms with E-state index in [9.17, 15) is 9.59 Å². The number of fused-ring (bicyclic) bond motifs is 1. The second kappa shape index (κ2) is 5.17. The van der Waals surface area contributed by atoms with Crippen LogP contribution in [0, 0.1) is 0 Å². The number of aromatic nitrogens is 1. The van der Waals surface area contributed by atoms with Gasteiger partial charge in [0.2, 0.25) is 5.91 Å². The molecule has 0 saturated carbocycles. The zero-order valence-corrected chi connectivity index (χ0v) is 11.9. The maximum Gasteiger partial charge on any atom is 0.328 e. The summed E-state index contributed by atoms with van der Waals surface area (Å²) in [7, 11) is 0. The third kappa shape index (κ3) is 2.93. The lowest BCUT2D eigenvalue weighted by molar-refractivity contribution is -0.146. The van der Waals surface area contributed by atoms with Crippen LogP contribution in [-0.4, -0.2) is 27.1 Å². The van der Waals surface area contributed by atoms with Crippen molar-refractivity contribution in [3.05, 3.63) is 35.5 Å². The minimum absolute atomic E-state index is 0.0422. The van der Waals surface area contributed by atoms with E-state index in [1.165, 1.54) is 13.8 Å². The van der Waals surface area contributed by atoms with Crippen LogP contribution in [0.5, 0.6) is 0 Å². The van der Waals surface area contributed by atoms with E-state index >= 15 is 0 Å². The van der Waals surface area contributed by atoms with Gasteiger partial charge >= 0.3 is 5.97 Å². The molecule has 1 amide bonds. The normalized spacial score (nSPS) is 11.6. The van der Waals surface area contributed by atoms with Gasteiger partial charge in [-0.25, -0.2) is 4.79 Å². The van der Waals surface area contributed by atoms with Crippen LogP contribution in [0.25, 0.3) is 10.9 Å². The molecule has 0 spiro atoms. The van der Waals surface area contributed by atoms with E-state index in [0.717, 1.165) is 10.9 Å². The number of nitrogens with one attached hydrogen (secondary N) is 1. The van der Waals surface area contributed by atoms with Gasteiger partial charge in [-0.2, -0.15) is 0 Å². The lowest BCUT2D eigenvalue weighted by Crippen LogP contribution is -2.50. The Morgan fingerprint density at radius 2 is 2.05 bits per heavy atom. The molecular formula is C14H15ClN2O3. The zero-order valence-electron chi connectivity index (χ0n) is 11.2. The van der Waals surface area contributed by atoms with Crippen molar-refractivity contribution in [1.29, 1.82) is 0 Å². The molecule has 0 aliphatic heterocycles. The average Bonchev–Trinajstić information content (AvgIpc) is 2.71. The van der Waals surface area contributed by atoms with Gasteiger partial charge in [0, 0.05) is 16.7 Å². The maximum atomic E-state index is 11.9. The van der Waals surface area contributed by atoms with Crippen molar-refractivity contribution in [3.63, 3.8) is 0 Å². The summed E-state index contributed by atoms with van der Waals surface area (Å²) < 4.78 is 1.73. The molecule has 2 N–H and O–H groups in total. The maximum absolute atomic E-state index is 11.9. The van der Waals surface area contributed by atoms with Gasteiger partial charge in [0.1, 0.15) is 12.1 Å². The lowest BCUT2D eigenvalue weighted by Gasteiger charge is -2.21. The molecule has 5 nitrogen and oxygen atoms in total. The average molecular weight is 295 g/mol. The quantitative estimate of drug-likeness (QED) is 0.909. The summed E-state index contributed by atoms with van der Waals surface area (Å²) in [6.45, 7) is 2.93. The van der Waals surface area contributed by atoms with Crippen LogP contribution in [0.4, 0.5) is 0 Å². The number of carbonyl (C=O) groups is 2. The van der Waals surface area contributed by atoms with E-state index < -0.39 is 11.5 Å². The number of hydrogen-bond acceptors (Lipinski definition) is 2. The van der Waals surface area contributed by atoms with E-state index in [4.69, 9.17) is 16.7 Å². The summed E-state index contributed by atoms with van der Waals surface area (Å²) in [4.78, 5) is 22.9. The van der Waals surface area contributed by atoms with E-state index in [1.807, 2.05) is 12.1 Å². The zero-order chi connectivity index (χ0) is 14.9. The van der Waals surface area contributed by atoms with E-state index in [1.54, 1.807) is 22.9 Å². The highest BCUT2D eigenvalue weighted by Crippen LogP contribution is 2.20. The number of carbonyl (C=O) groups excluding carboxylic acids is 1. The Morgan fingerprint density at radius 3 is 2.70 bits per heavy atom. The van der Waals surface area contributed by atoms with Crippen molar-refractivity contribution in [2.24, 2.45) is 0 Å². The molecule has 1 aromatic carbocycles. The minimum atomic E-state index is -1.29. The second-order valence-corrected chi connectivity index (χ2v) is 5.56. The Labute approximate surface area is 121 Å². The molecule has 0 fully saturated rings. The molecule has 6 heteroatoms. The number of benzene rings is 1. The molecule has 0 unspecified atom stereocenters. The largest absolute Gasteiger partial charge is 0.480 e. The van der Waals surface area contributed by atoms with Gasteiger partial charge in [0.05, 0.1) is 0 Å².